The maximum atomic E-state index is 6.01. The minimum Gasteiger partial charge on any atom is -0.491 e. The largest absolute Gasteiger partial charge is 0.491 e. The molecule has 2 nitrogen and oxygen atoms in total. The van der Waals surface area contributed by atoms with Gasteiger partial charge in [0.15, 0.2) is 0 Å². The maximum absolute atomic E-state index is 6.01. The molecule has 1 aliphatic rings. The molecule has 0 atom stereocenters. The second-order valence-electron chi connectivity index (χ2n) is 4.80. The van der Waals surface area contributed by atoms with Crippen LogP contribution in [0.15, 0.2) is 12.1 Å². The molecule has 1 aromatic rings. The summed E-state index contributed by atoms with van der Waals surface area (Å²) in [6.07, 6.45) is 2.19. The first kappa shape index (κ1) is 10.5. The molecule has 15 heavy (non-hydrogen) atoms. The molecule has 1 fully saturated rings. The van der Waals surface area contributed by atoms with Gasteiger partial charge in [-0.05, 0) is 50.3 Å². The van der Waals surface area contributed by atoms with E-state index < -0.39 is 0 Å². The van der Waals surface area contributed by atoms with Gasteiger partial charge in [-0.25, -0.2) is 0 Å². The number of hydrogen-bond acceptors (Lipinski definition) is 2. The SMILES string of the molecule is Cc1ccc(C)c(OCC2(N)CC2)c1C. The molecule has 0 amide bonds. The molecule has 0 spiro atoms. The number of benzene rings is 1. The van der Waals surface area contributed by atoms with E-state index >= 15 is 0 Å². The topological polar surface area (TPSA) is 35.2 Å². The van der Waals surface area contributed by atoms with Crippen LogP contribution in [0.1, 0.15) is 29.5 Å². The van der Waals surface area contributed by atoms with Crippen LogP contribution < -0.4 is 10.5 Å². The maximum Gasteiger partial charge on any atom is 0.125 e. The Morgan fingerprint density at radius 2 is 1.80 bits per heavy atom. The minimum atomic E-state index is -0.0391. The number of rotatable bonds is 3. The van der Waals surface area contributed by atoms with Crippen molar-refractivity contribution in [3.63, 3.8) is 0 Å². The first-order chi connectivity index (χ1) is 7.02. The van der Waals surface area contributed by atoms with Gasteiger partial charge in [0.2, 0.25) is 0 Å². The fraction of sp³-hybridized carbons (Fsp3) is 0.538. The molecule has 2 heteroatoms. The number of aryl methyl sites for hydroxylation is 2. The predicted molar refractivity (Wildman–Crippen MR) is 62.3 cm³/mol. The average Bonchev–Trinajstić information content (AvgIpc) is 2.91. The van der Waals surface area contributed by atoms with Gasteiger partial charge < -0.3 is 10.5 Å². The Kier molecular flexibility index (Phi) is 2.47. The van der Waals surface area contributed by atoms with Gasteiger partial charge in [0, 0.05) is 0 Å². The van der Waals surface area contributed by atoms with Crippen LogP contribution in [0.4, 0.5) is 0 Å². The molecule has 1 aliphatic carbocycles. The van der Waals surface area contributed by atoms with E-state index in [4.69, 9.17) is 10.5 Å². The molecule has 0 radical (unpaired) electrons. The van der Waals surface area contributed by atoms with E-state index in [2.05, 4.69) is 32.9 Å². The van der Waals surface area contributed by atoms with Crippen LogP contribution >= 0.6 is 0 Å². The van der Waals surface area contributed by atoms with Crippen LogP contribution in [0.2, 0.25) is 0 Å². The summed E-state index contributed by atoms with van der Waals surface area (Å²) < 4.78 is 5.85. The summed E-state index contributed by atoms with van der Waals surface area (Å²) in [5.74, 6) is 1.02. The molecule has 0 aromatic heterocycles. The Morgan fingerprint density at radius 3 is 2.40 bits per heavy atom. The van der Waals surface area contributed by atoms with Gasteiger partial charge in [0.05, 0.1) is 5.54 Å². The van der Waals surface area contributed by atoms with Crippen LogP contribution in [-0.4, -0.2) is 12.1 Å². The van der Waals surface area contributed by atoms with Gasteiger partial charge >= 0.3 is 0 Å². The molecule has 0 aliphatic heterocycles. The van der Waals surface area contributed by atoms with Crippen molar-refractivity contribution in [3.8, 4) is 5.75 Å². The van der Waals surface area contributed by atoms with Crippen LogP contribution in [0, 0.1) is 20.8 Å². The van der Waals surface area contributed by atoms with Gasteiger partial charge in [-0.1, -0.05) is 12.1 Å². The van der Waals surface area contributed by atoms with E-state index in [1.165, 1.54) is 16.7 Å². The van der Waals surface area contributed by atoms with E-state index in [1.807, 2.05) is 0 Å². The first-order valence-electron chi connectivity index (χ1n) is 5.50. The third kappa shape index (κ3) is 2.15. The van der Waals surface area contributed by atoms with Crippen LogP contribution in [0.5, 0.6) is 5.75 Å². The Balaban J connectivity index is 2.16. The van der Waals surface area contributed by atoms with Crippen molar-refractivity contribution in [1.82, 2.24) is 0 Å². The van der Waals surface area contributed by atoms with Crippen molar-refractivity contribution in [3.05, 3.63) is 28.8 Å². The zero-order chi connectivity index (χ0) is 11.1. The molecular weight excluding hydrogens is 186 g/mol. The van der Waals surface area contributed by atoms with Crippen molar-refractivity contribution in [1.29, 1.82) is 0 Å². The Hall–Kier alpha value is -1.02. The highest BCUT2D eigenvalue weighted by Crippen LogP contribution is 2.34. The molecule has 82 valence electrons. The Bertz CT molecular complexity index is 380. The summed E-state index contributed by atoms with van der Waals surface area (Å²) >= 11 is 0. The van der Waals surface area contributed by atoms with Gasteiger partial charge in [-0.2, -0.15) is 0 Å². The lowest BCUT2D eigenvalue weighted by molar-refractivity contribution is 0.276. The highest BCUT2D eigenvalue weighted by molar-refractivity contribution is 5.44. The summed E-state index contributed by atoms with van der Waals surface area (Å²) in [5, 5.41) is 0. The predicted octanol–water partition coefficient (Wildman–Crippen LogP) is 2.48. The fourth-order valence-electron chi connectivity index (χ4n) is 1.67. The van der Waals surface area contributed by atoms with E-state index in [-0.39, 0.29) is 5.54 Å². The highest BCUT2D eigenvalue weighted by atomic mass is 16.5. The monoisotopic (exact) mass is 205 g/mol. The van der Waals surface area contributed by atoms with Gasteiger partial charge in [0.1, 0.15) is 12.4 Å². The molecule has 0 unspecified atom stereocenters. The molecule has 0 heterocycles. The van der Waals surface area contributed by atoms with E-state index in [0.29, 0.717) is 6.61 Å². The third-order valence-electron chi connectivity index (χ3n) is 3.27. The third-order valence-corrected chi connectivity index (χ3v) is 3.27. The average molecular weight is 205 g/mol. The smallest absolute Gasteiger partial charge is 0.125 e. The summed E-state index contributed by atoms with van der Waals surface area (Å²) in [6, 6.07) is 4.24. The van der Waals surface area contributed by atoms with Gasteiger partial charge in [0.25, 0.3) is 0 Å². The summed E-state index contributed by atoms with van der Waals surface area (Å²) in [7, 11) is 0. The standard InChI is InChI=1S/C13H19NO/c1-9-4-5-10(2)12(11(9)3)15-8-13(14)6-7-13/h4-5H,6-8,14H2,1-3H3. The Labute approximate surface area is 91.4 Å². The molecule has 1 aromatic carbocycles. The van der Waals surface area contributed by atoms with Crippen LogP contribution in [0.25, 0.3) is 0 Å². The number of hydrogen-bond donors (Lipinski definition) is 1. The van der Waals surface area contributed by atoms with E-state index in [9.17, 15) is 0 Å². The lowest BCUT2D eigenvalue weighted by atomic mass is 10.1. The lowest BCUT2D eigenvalue weighted by Crippen LogP contribution is -2.30. The van der Waals surface area contributed by atoms with E-state index in [0.717, 1.165) is 18.6 Å². The first-order valence-corrected chi connectivity index (χ1v) is 5.50. The zero-order valence-electron chi connectivity index (χ0n) is 9.76. The van der Waals surface area contributed by atoms with Crippen molar-refractivity contribution in [2.45, 2.75) is 39.2 Å². The summed E-state index contributed by atoms with van der Waals surface area (Å²) in [6.45, 7) is 6.95. The number of ether oxygens (including phenoxy) is 1. The molecule has 1 saturated carbocycles. The van der Waals surface area contributed by atoms with Crippen LogP contribution in [-0.2, 0) is 0 Å². The van der Waals surface area contributed by atoms with E-state index in [1.54, 1.807) is 0 Å². The quantitative estimate of drug-likeness (QED) is 0.822. The minimum absolute atomic E-state index is 0.0391. The van der Waals surface area contributed by atoms with Crippen LogP contribution in [0.3, 0.4) is 0 Å². The molecule has 2 rings (SSSR count). The second kappa shape index (κ2) is 3.53. The van der Waals surface area contributed by atoms with Gasteiger partial charge in [-0.15, -0.1) is 0 Å². The highest BCUT2D eigenvalue weighted by Gasteiger charge is 2.39. The molecule has 0 saturated heterocycles. The fourth-order valence-corrected chi connectivity index (χ4v) is 1.67. The second-order valence-corrected chi connectivity index (χ2v) is 4.80. The number of nitrogens with two attached hydrogens (primary N) is 1. The lowest BCUT2D eigenvalue weighted by Gasteiger charge is -2.16. The normalized spacial score (nSPS) is 17.6. The molecular formula is C13H19NO. The van der Waals surface area contributed by atoms with Crippen molar-refractivity contribution < 1.29 is 4.74 Å². The molecule has 2 N–H and O–H groups in total. The summed E-state index contributed by atoms with van der Waals surface area (Å²) in [5.41, 5.74) is 9.68. The van der Waals surface area contributed by atoms with Crippen molar-refractivity contribution in [2.24, 2.45) is 5.73 Å². The molecule has 0 bridgehead atoms. The Morgan fingerprint density at radius 1 is 1.20 bits per heavy atom. The van der Waals surface area contributed by atoms with Crippen molar-refractivity contribution >= 4 is 0 Å². The zero-order valence-corrected chi connectivity index (χ0v) is 9.76. The van der Waals surface area contributed by atoms with Gasteiger partial charge in [-0.3, -0.25) is 0 Å². The van der Waals surface area contributed by atoms with Crippen molar-refractivity contribution in [2.75, 3.05) is 6.61 Å². The summed E-state index contributed by atoms with van der Waals surface area (Å²) in [4.78, 5) is 0.